The van der Waals surface area contributed by atoms with E-state index in [2.05, 4.69) is 38.2 Å². The molecule has 0 bridgehead atoms. The second-order valence-electron chi connectivity index (χ2n) is 8.42. The fourth-order valence-electron chi connectivity index (χ4n) is 3.23. The monoisotopic (exact) mass is 452 g/mol. The van der Waals surface area contributed by atoms with E-state index in [1.807, 2.05) is 0 Å². The van der Waals surface area contributed by atoms with Gasteiger partial charge in [-0.05, 0) is 44.9 Å². The van der Waals surface area contributed by atoms with Crippen molar-refractivity contribution in [1.82, 2.24) is 0 Å². The minimum Gasteiger partial charge on any atom is -0.462 e. The van der Waals surface area contributed by atoms with E-state index in [9.17, 15) is 14.7 Å². The zero-order valence-corrected chi connectivity index (χ0v) is 20.7. The van der Waals surface area contributed by atoms with Crippen LogP contribution in [-0.4, -0.2) is 36.4 Å². The quantitative estimate of drug-likeness (QED) is 0.111. The number of hydrogen-bond donors (Lipinski definition) is 1. The van der Waals surface area contributed by atoms with Crippen molar-refractivity contribution in [2.24, 2.45) is 0 Å². The van der Waals surface area contributed by atoms with Crippen LogP contribution in [0, 0.1) is 0 Å². The van der Waals surface area contributed by atoms with Crippen LogP contribution in [0.25, 0.3) is 0 Å². The van der Waals surface area contributed by atoms with Crippen molar-refractivity contribution in [3.63, 3.8) is 0 Å². The normalized spacial score (nSPS) is 12.5. The van der Waals surface area contributed by atoms with E-state index in [0.29, 0.717) is 12.8 Å². The SMILES string of the molecule is CCCCCC=CCC=CCCCCCCCC(=O)OC(CO)COC(=O)CCCCC. The minimum absolute atomic E-state index is 0.0740. The molecule has 0 saturated heterocycles. The second kappa shape index (κ2) is 24.0. The van der Waals surface area contributed by atoms with Crippen LogP contribution in [0.3, 0.4) is 0 Å². The van der Waals surface area contributed by atoms with Crippen LogP contribution in [-0.2, 0) is 19.1 Å². The summed E-state index contributed by atoms with van der Waals surface area (Å²) in [5.41, 5.74) is 0. The molecule has 0 rings (SSSR count). The van der Waals surface area contributed by atoms with Crippen LogP contribution in [0.2, 0.25) is 0 Å². The highest BCUT2D eigenvalue weighted by Crippen LogP contribution is 2.10. The van der Waals surface area contributed by atoms with Crippen LogP contribution >= 0.6 is 0 Å². The Morgan fingerprint density at radius 1 is 0.719 bits per heavy atom. The molecule has 0 aliphatic carbocycles. The second-order valence-corrected chi connectivity index (χ2v) is 8.42. The highest BCUT2D eigenvalue weighted by molar-refractivity contribution is 5.70. The third-order valence-corrected chi connectivity index (χ3v) is 5.25. The zero-order chi connectivity index (χ0) is 23.7. The zero-order valence-electron chi connectivity index (χ0n) is 20.7. The van der Waals surface area contributed by atoms with Gasteiger partial charge in [-0.15, -0.1) is 0 Å². The van der Waals surface area contributed by atoms with Crippen LogP contribution in [0.15, 0.2) is 24.3 Å². The number of allylic oxidation sites excluding steroid dienone is 4. The minimum atomic E-state index is -0.768. The highest BCUT2D eigenvalue weighted by atomic mass is 16.6. The van der Waals surface area contributed by atoms with Gasteiger partial charge in [0.15, 0.2) is 6.10 Å². The van der Waals surface area contributed by atoms with Crippen molar-refractivity contribution in [3.05, 3.63) is 24.3 Å². The molecule has 186 valence electrons. The molecule has 0 aliphatic heterocycles. The molecule has 0 aliphatic rings. The molecule has 0 amide bonds. The van der Waals surface area contributed by atoms with Gasteiger partial charge >= 0.3 is 11.9 Å². The van der Waals surface area contributed by atoms with Crippen molar-refractivity contribution in [3.8, 4) is 0 Å². The first-order valence-electron chi connectivity index (χ1n) is 12.9. The molecule has 0 heterocycles. The Morgan fingerprint density at radius 2 is 1.25 bits per heavy atom. The van der Waals surface area contributed by atoms with Crippen molar-refractivity contribution in [1.29, 1.82) is 0 Å². The summed E-state index contributed by atoms with van der Waals surface area (Å²) in [7, 11) is 0. The topological polar surface area (TPSA) is 72.8 Å². The maximum absolute atomic E-state index is 11.9. The summed E-state index contributed by atoms with van der Waals surface area (Å²) >= 11 is 0. The highest BCUT2D eigenvalue weighted by Gasteiger charge is 2.15. The number of rotatable bonds is 22. The number of unbranched alkanes of at least 4 members (excludes halogenated alkanes) is 10. The van der Waals surface area contributed by atoms with Gasteiger partial charge in [-0.3, -0.25) is 9.59 Å². The third kappa shape index (κ3) is 21.6. The average molecular weight is 453 g/mol. The fourth-order valence-corrected chi connectivity index (χ4v) is 3.23. The third-order valence-electron chi connectivity index (χ3n) is 5.25. The number of esters is 2. The molecule has 5 nitrogen and oxygen atoms in total. The summed E-state index contributed by atoms with van der Waals surface area (Å²) in [5, 5.41) is 9.33. The molecule has 1 atom stereocenters. The molecule has 0 spiro atoms. The van der Waals surface area contributed by atoms with Gasteiger partial charge in [-0.1, -0.05) is 83.1 Å². The molecule has 0 saturated carbocycles. The Hall–Kier alpha value is -1.62. The number of hydrogen-bond acceptors (Lipinski definition) is 5. The van der Waals surface area contributed by atoms with Crippen LogP contribution in [0.1, 0.15) is 117 Å². The van der Waals surface area contributed by atoms with Crippen LogP contribution in [0.5, 0.6) is 0 Å². The lowest BCUT2D eigenvalue weighted by atomic mass is 10.1. The molecule has 0 aromatic carbocycles. The summed E-state index contributed by atoms with van der Waals surface area (Å²) in [6.07, 6.45) is 24.3. The summed E-state index contributed by atoms with van der Waals surface area (Å²) < 4.78 is 10.3. The molecular formula is C27H48O5. The van der Waals surface area contributed by atoms with Crippen molar-refractivity contribution >= 4 is 11.9 Å². The molecule has 0 aromatic rings. The molecule has 1 N–H and O–H groups in total. The van der Waals surface area contributed by atoms with Gasteiger partial charge in [0, 0.05) is 12.8 Å². The van der Waals surface area contributed by atoms with Gasteiger partial charge in [0.1, 0.15) is 6.61 Å². The van der Waals surface area contributed by atoms with Gasteiger partial charge in [-0.25, -0.2) is 0 Å². The summed E-state index contributed by atoms with van der Waals surface area (Å²) in [6.45, 7) is 3.89. The number of aliphatic hydroxyl groups is 1. The van der Waals surface area contributed by atoms with Crippen molar-refractivity contribution in [2.45, 2.75) is 123 Å². The lowest BCUT2D eigenvalue weighted by Crippen LogP contribution is -2.28. The molecule has 32 heavy (non-hydrogen) atoms. The Bertz CT molecular complexity index is 498. The molecule has 0 aromatic heterocycles. The van der Waals surface area contributed by atoms with E-state index in [4.69, 9.17) is 9.47 Å². The standard InChI is InChI=1S/C27H48O5/c1-3-5-7-8-9-10-11-12-13-14-15-16-17-18-20-22-27(30)32-25(23-28)24-31-26(29)21-19-6-4-2/h9-10,12-13,25,28H,3-8,11,14-24H2,1-2H3. The van der Waals surface area contributed by atoms with E-state index < -0.39 is 6.10 Å². The van der Waals surface area contributed by atoms with Crippen molar-refractivity contribution < 1.29 is 24.2 Å². The van der Waals surface area contributed by atoms with Gasteiger partial charge in [0.25, 0.3) is 0 Å². The van der Waals surface area contributed by atoms with Gasteiger partial charge in [-0.2, -0.15) is 0 Å². The lowest BCUT2D eigenvalue weighted by Gasteiger charge is -2.15. The van der Waals surface area contributed by atoms with E-state index in [-0.39, 0.29) is 25.2 Å². The fraction of sp³-hybridized carbons (Fsp3) is 0.778. The van der Waals surface area contributed by atoms with Gasteiger partial charge < -0.3 is 14.6 Å². The lowest BCUT2D eigenvalue weighted by molar-refractivity contribution is -0.161. The van der Waals surface area contributed by atoms with Gasteiger partial charge in [0.05, 0.1) is 6.61 Å². The first-order chi connectivity index (χ1) is 15.6. The molecular weight excluding hydrogens is 404 g/mol. The first-order valence-corrected chi connectivity index (χ1v) is 12.9. The van der Waals surface area contributed by atoms with E-state index >= 15 is 0 Å². The first kappa shape index (κ1) is 30.4. The summed E-state index contributed by atoms with van der Waals surface area (Å²) in [6, 6.07) is 0. The smallest absolute Gasteiger partial charge is 0.306 e. The Balaban J connectivity index is 3.61. The Kier molecular flexibility index (Phi) is 22.8. The van der Waals surface area contributed by atoms with Crippen molar-refractivity contribution in [2.75, 3.05) is 13.2 Å². The molecule has 1 unspecified atom stereocenters. The Morgan fingerprint density at radius 3 is 1.91 bits per heavy atom. The number of carbonyl (C=O) groups is 2. The maximum atomic E-state index is 11.9. The molecule has 0 fully saturated rings. The number of aliphatic hydroxyl groups excluding tert-OH is 1. The Labute approximate surface area is 196 Å². The summed E-state index contributed by atoms with van der Waals surface area (Å²) in [4.78, 5) is 23.5. The maximum Gasteiger partial charge on any atom is 0.306 e. The van der Waals surface area contributed by atoms with E-state index in [0.717, 1.165) is 51.4 Å². The molecule has 0 radical (unpaired) electrons. The number of carbonyl (C=O) groups excluding carboxylic acids is 2. The van der Waals surface area contributed by atoms with Crippen LogP contribution < -0.4 is 0 Å². The predicted octanol–water partition coefficient (Wildman–Crippen LogP) is 6.83. The number of ether oxygens (including phenoxy) is 2. The largest absolute Gasteiger partial charge is 0.462 e. The average Bonchev–Trinajstić information content (AvgIpc) is 2.79. The van der Waals surface area contributed by atoms with Gasteiger partial charge in [0.2, 0.25) is 0 Å². The van der Waals surface area contributed by atoms with E-state index in [1.54, 1.807) is 0 Å². The van der Waals surface area contributed by atoms with Crippen LogP contribution in [0.4, 0.5) is 0 Å². The summed E-state index contributed by atoms with van der Waals surface area (Å²) in [5.74, 6) is -0.640. The predicted molar refractivity (Wildman–Crippen MR) is 131 cm³/mol. The van der Waals surface area contributed by atoms with E-state index in [1.165, 1.54) is 38.5 Å². The molecule has 5 heteroatoms.